The zero-order valence-corrected chi connectivity index (χ0v) is 23.2. The van der Waals surface area contributed by atoms with Crippen molar-refractivity contribution in [3.05, 3.63) is 89.7 Å². The minimum absolute atomic E-state index is 0.0402. The second-order valence-electron chi connectivity index (χ2n) is 10.8. The van der Waals surface area contributed by atoms with Crippen LogP contribution in [0.2, 0.25) is 0 Å². The number of rotatable bonds is 12. The Morgan fingerprint density at radius 3 is 2.21 bits per heavy atom. The second-order valence-corrected chi connectivity index (χ2v) is 10.8. The van der Waals surface area contributed by atoms with Gasteiger partial charge in [-0.25, -0.2) is 19.0 Å². The Morgan fingerprint density at radius 2 is 1.55 bits per heavy atom. The van der Waals surface area contributed by atoms with Crippen LogP contribution in [0.1, 0.15) is 44.1 Å². The number of halogens is 3. The highest BCUT2D eigenvalue weighted by molar-refractivity contribution is 5.92. The van der Waals surface area contributed by atoms with Gasteiger partial charge in [0.2, 0.25) is 5.91 Å². The Bertz CT molecular complexity index is 1370. The summed E-state index contributed by atoms with van der Waals surface area (Å²) < 4.78 is 46.3. The molecule has 1 saturated carbocycles. The van der Waals surface area contributed by atoms with Gasteiger partial charge >= 0.3 is 0 Å². The van der Waals surface area contributed by atoms with E-state index in [2.05, 4.69) is 5.32 Å². The Hall–Kier alpha value is -4.18. The van der Waals surface area contributed by atoms with Crippen LogP contribution in [0.3, 0.4) is 0 Å². The van der Waals surface area contributed by atoms with Crippen LogP contribution in [0.4, 0.5) is 18.9 Å². The van der Waals surface area contributed by atoms with E-state index in [1.54, 1.807) is 24.3 Å². The monoisotopic (exact) mass is 580 g/mol. The number of ketones is 1. The first-order chi connectivity index (χ1) is 20.2. The average molecular weight is 581 g/mol. The van der Waals surface area contributed by atoms with Gasteiger partial charge in [-0.05, 0) is 105 Å². The molecule has 10 heteroatoms. The molecule has 0 heterocycles. The van der Waals surface area contributed by atoms with Crippen LogP contribution in [0.25, 0.3) is 0 Å². The lowest BCUT2D eigenvalue weighted by Gasteiger charge is -2.22. The highest BCUT2D eigenvalue weighted by atomic mass is 19.1. The number of carbonyl (C=O) groups is 2. The van der Waals surface area contributed by atoms with E-state index in [1.165, 1.54) is 36.4 Å². The van der Waals surface area contributed by atoms with Crippen LogP contribution in [0.5, 0.6) is 11.5 Å². The Balaban J connectivity index is 1.39. The molecule has 0 spiro atoms. The maximum absolute atomic E-state index is 14.1. The van der Waals surface area contributed by atoms with Crippen molar-refractivity contribution in [2.24, 2.45) is 23.6 Å². The predicted octanol–water partition coefficient (Wildman–Crippen LogP) is 6.63. The lowest BCUT2D eigenvalue weighted by molar-refractivity contribution is -0.124. The molecular weight excluding hydrogens is 545 g/mol. The van der Waals surface area contributed by atoms with Gasteiger partial charge in [-0.2, -0.15) is 0 Å². The molecule has 3 unspecified atom stereocenters. The van der Waals surface area contributed by atoms with Gasteiger partial charge in [0.25, 0.3) is 0 Å². The van der Waals surface area contributed by atoms with Gasteiger partial charge in [-0.3, -0.25) is 20.0 Å². The molecule has 4 N–H and O–H groups in total. The van der Waals surface area contributed by atoms with Crippen molar-refractivity contribution >= 4 is 23.7 Å². The van der Waals surface area contributed by atoms with Gasteiger partial charge in [0.05, 0.1) is 12.9 Å². The second kappa shape index (κ2) is 14.6. The first-order valence-electron chi connectivity index (χ1n) is 14.0. The van der Waals surface area contributed by atoms with Crippen molar-refractivity contribution in [1.82, 2.24) is 5.01 Å². The van der Waals surface area contributed by atoms with Crippen molar-refractivity contribution in [2.75, 3.05) is 11.9 Å². The maximum Gasteiger partial charge on any atom is 0.227 e. The summed E-state index contributed by atoms with van der Waals surface area (Å²) in [5, 5.41) is 11.3. The van der Waals surface area contributed by atoms with Crippen molar-refractivity contribution in [2.45, 2.75) is 44.9 Å². The van der Waals surface area contributed by atoms with Crippen LogP contribution in [-0.2, 0) is 16.0 Å². The Morgan fingerprint density at radius 1 is 0.929 bits per heavy atom. The molecule has 1 aliphatic rings. The zero-order chi connectivity index (χ0) is 30.1. The van der Waals surface area contributed by atoms with E-state index in [-0.39, 0.29) is 41.8 Å². The van der Waals surface area contributed by atoms with Crippen molar-refractivity contribution < 1.29 is 27.5 Å². The molecule has 0 aromatic heterocycles. The fourth-order valence-electron chi connectivity index (χ4n) is 5.45. The normalized spacial score (nSPS) is 18.5. The molecule has 3 aromatic rings. The average Bonchev–Trinajstić information content (AvgIpc) is 3.19. The first kappa shape index (κ1) is 30.8. The van der Waals surface area contributed by atoms with E-state index in [4.69, 9.17) is 16.0 Å². The number of hydrazine groups is 1. The number of nitrogens with two attached hydrogens (primary N) is 1. The van der Waals surface area contributed by atoms with E-state index >= 15 is 0 Å². The number of benzene rings is 3. The third kappa shape index (κ3) is 8.91. The van der Waals surface area contributed by atoms with Crippen LogP contribution >= 0.6 is 0 Å². The number of hydrogen-bond donors (Lipinski definition) is 3. The molecule has 7 nitrogen and oxygen atoms in total. The van der Waals surface area contributed by atoms with E-state index in [0.29, 0.717) is 67.7 Å². The smallest absolute Gasteiger partial charge is 0.227 e. The third-order valence-corrected chi connectivity index (χ3v) is 7.67. The third-order valence-electron chi connectivity index (χ3n) is 7.67. The molecule has 1 aliphatic carbocycles. The summed E-state index contributed by atoms with van der Waals surface area (Å²) in [5.41, 5.74) is 1.03. The first-order valence-corrected chi connectivity index (χ1v) is 14.0. The van der Waals surface area contributed by atoms with Crippen LogP contribution in [-0.4, -0.2) is 29.6 Å². The summed E-state index contributed by atoms with van der Waals surface area (Å²) in [6, 6.07) is 16.1. The molecule has 0 aliphatic heterocycles. The van der Waals surface area contributed by atoms with E-state index in [9.17, 15) is 22.8 Å². The molecule has 3 aromatic carbocycles. The van der Waals surface area contributed by atoms with E-state index in [1.807, 2.05) is 0 Å². The summed E-state index contributed by atoms with van der Waals surface area (Å²) >= 11 is 0. The Kier molecular flexibility index (Phi) is 10.7. The standard InChI is InChI=1S/C32H35F3N4O3/c33-25-8-12-28(13-9-25)42-29-14-10-27(11-15-29)38-32(41)24-5-4-23(31(40)19-39(37)20-36)16-21(17-24)2-1-3-22-6-7-26(34)18-30(22)35/h6-15,18,20-21,23-24,36H,1-5,16-17,19,37H2,(H,38,41). The van der Waals surface area contributed by atoms with Gasteiger partial charge in [-0.15, -0.1) is 0 Å². The molecule has 3 atom stereocenters. The predicted molar refractivity (Wildman–Crippen MR) is 154 cm³/mol. The molecule has 0 bridgehead atoms. The van der Waals surface area contributed by atoms with Gasteiger partial charge in [0.1, 0.15) is 29.0 Å². The van der Waals surface area contributed by atoms with Gasteiger partial charge in [-0.1, -0.05) is 12.5 Å². The minimum Gasteiger partial charge on any atom is -0.457 e. The molecular formula is C32H35F3N4O3. The fraction of sp³-hybridized carbons (Fsp3) is 0.344. The Labute approximate surface area is 243 Å². The summed E-state index contributed by atoms with van der Waals surface area (Å²) in [5.74, 6) is 4.31. The highest BCUT2D eigenvalue weighted by Gasteiger charge is 2.32. The largest absolute Gasteiger partial charge is 0.457 e. The number of nitrogens with zero attached hydrogens (tertiary/aromatic N) is 1. The lowest BCUT2D eigenvalue weighted by Crippen LogP contribution is -2.37. The van der Waals surface area contributed by atoms with Gasteiger partial charge < -0.3 is 10.1 Å². The SMILES string of the molecule is N=CN(N)CC(=O)C1CCC(C(=O)Nc2ccc(Oc3ccc(F)cc3)cc2)CC(CCCc2ccc(F)cc2F)C1. The van der Waals surface area contributed by atoms with Crippen LogP contribution in [0.15, 0.2) is 66.7 Å². The number of amides is 1. The summed E-state index contributed by atoms with van der Waals surface area (Å²) in [4.78, 5) is 26.3. The van der Waals surface area contributed by atoms with Crippen molar-refractivity contribution in [1.29, 1.82) is 5.41 Å². The molecule has 1 amide bonds. The molecule has 222 valence electrons. The number of ether oxygens (including phenoxy) is 1. The number of aryl methyl sites for hydroxylation is 1. The number of Topliss-reactive ketones (excluding diaryl/α,β-unsaturated/α-hetero) is 1. The highest BCUT2D eigenvalue weighted by Crippen LogP contribution is 2.36. The summed E-state index contributed by atoms with van der Waals surface area (Å²) in [6.45, 7) is -0.0785. The quantitative estimate of drug-likeness (QED) is 0.0733. The topological polar surface area (TPSA) is 109 Å². The van der Waals surface area contributed by atoms with Gasteiger partial charge in [0.15, 0.2) is 5.78 Å². The van der Waals surface area contributed by atoms with E-state index < -0.39 is 11.6 Å². The number of nitrogens with one attached hydrogen (secondary N) is 2. The van der Waals surface area contributed by atoms with E-state index in [0.717, 1.165) is 17.4 Å². The molecule has 4 rings (SSSR count). The maximum atomic E-state index is 14.1. The zero-order valence-electron chi connectivity index (χ0n) is 23.2. The van der Waals surface area contributed by atoms with Crippen molar-refractivity contribution in [3.8, 4) is 11.5 Å². The van der Waals surface area contributed by atoms with Gasteiger partial charge in [0, 0.05) is 23.6 Å². The minimum atomic E-state index is -0.621. The van der Waals surface area contributed by atoms with Crippen LogP contribution in [0, 0.1) is 40.6 Å². The molecule has 0 radical (unpaired) electrons. The number of anilines is 1. The lowest BCUT2D eigenvalue weighted by atomic mass is 9.85. The summed E-state index contributed by atoms with van der Waals surface area (Å²) in [7, 11) is 0. The number of hydrogen-bond acceptors (Lipinski definition) is 5. The molecule has 42 heavy (non-hydrogen) atoms. The van der Waals surface area contributed by atoms with Crippen molar-refractivity contribution in [3.63, 3.8) is 0 Å². The molecule has 1 fully saturated rings. The van der Waals surface area contributed by atoms with Crippen LogP contribution < -0.4 is 15.9 Å². The fourth-order valence-corrected chi connectivity index (χ4v) is 5.45. The number of carbonyl (C=O) groups excluding carboxylic acids is 2. The summed E-state index contributed by atoms with van der Waals surface area (Å²) in [6.07, 6.45) is 4.82. The molecule has 0 saturated heterocycles.